The molecule has 0 amide bonds. The third-order valence-corrected chi connectivity index (χ3v) is 9.10. The number of halogens is 4. The first kappa shape index (κ1) is 33.3. The fraction of sp³-hybridized carbons (Fsp3) is 0.143. The topological polar surface area (TPSA) is 146 Å². The molecule has 0 aromatic heterocycles. The van der Waals surface area contributed by atoms with Gasteiger partial charge in [-0.2, -0.15) is 0 Å². The van der Waals surface area contributed by atoms with E-state index in [1.54, 1.807) is 26.0 Å². The van der Waals surface area contributed by atoms with Crippen molar-refractivity contribution in [3.63, 3.8) is 0 Å². The minimum Gasteiger partial charge on any atom is -0.258 e. The molecular formula is C21H19BrCl3NO8S3. The van der Waals surface area contributed by atoms with E-state index >= 15 is 0 Å². The molecule has 0 aliphatic carbocycles. The highest BCUT2D eigenvalue weighted by molar-refractivity contribution is 9.10. The molecule has 0 fully saturated rings. The Bertz CT molecular complexity index is 1590. The summed E-state index contributed by atoms with van der Waals surface area (Å²) in [5.74, 6) is 0. The lowest BCUT2D eigenvalue weighted by Crippen LogP contribution is -1.98. The molecular weight excluding hydrogens is 677 g/mol. The average molecular weight is 696 g/mol. The van der Waals surface area contributed by atoms with E-state index in [9.17, 15) is 35.4 Å². The average Bonchev–Trinajstić information content (AvgIpc) is 2.72. The smallest absolute Gasteiger partial charge is 0.258 e. The van der Waals surface area contributed by atoms with Crippen LogP contribution in [0.1, 0.15) is 16.7 Å². The summed E-state index contributed by atoms with van der Waals surface area (Å²) in [7, 11) is 4.28. The van der Waals surface area contributed by atoms with Crippen LogP contribution in [0.25, 0.3) is 0 Å². The number of hydrogen-bond donors (Lipinski definition) is 0. The van der Waals surface area contributed by atoms with Crippen molar-refractivity contribution in [1.29, 1.82) is 0 Å². The maximum Gasteiger partial charge on any atom is 0.270 e. The van der Waals surface area contributed by atoms with Gasteiger partial charge in [-0.25, -0.2) is 25.3 Å². The van der Waals surface area contributed by atoms with Crippen molar-refractivity contribution in [3.05, 3.63) is 91.9 Å². The number of non-ortho nitro benzene ring substituents is 1. The van der Waals surface area contributed by atoms with E-state index in [1.807, 2.05) is 19.1 Å². The molecule has 0 spiro atoms. The van der Waals surface area contributed by atoms with Gasteiger partial charge < -0.3 is 0 Å². The zero-order chi connectivity index (χ0) is 28.8. The van der Waals surface area contributed by atoms with E-state index in [1.165, 1.54) is 30.3 Å². The summed E-state index contributed by atoms with van der Waals surface area (Å²) in [5.41, 5.74) is 2.14. The van der Waals surface area contributed by atoms with Crippen molar-refractivity contribution in [1.82, 2.24) is 0 Å². The van der Waals surface area contributed by atoms with Crippen LogP contribution in [0.15, 0.2) is 79.8 Å². The highest BCUT2D eigenvalue weighted by Crippen LogP contribution is 2.25. The predicted molar refractivity (Wildman–Crippen MR) is 147 cm³/mol. The number of benzene rings is 3. The number of aryl methyl sites for hydroxylation is 3. The summed E-state index contributed by atoms with van der Waals surface area (Å²) in [5, 5.41) is 10.2. The lowest BCUT2D eigenvalue weighted by atomic mass is 10.1. The van der Waals surface area contributed by atoms with Crippen molar-refractivity contribution in [3.8, 4) is 0 Å². The monoisotopic (exact) mass is 693 g/mol. The number of rotatable bonds is 4. The van der Waals surface area contributed by atoms with Gasteiger partial charge in [-0.05, 0) is 62.2 Å². The second-order valence-electron chi connectivity index (χ2n) is 7.25. The Labute approximate surface area is 236 Å². The number of nitro benzene ring substituents is 1. The van der Waals surface area contributed by atoms with Crippen LogP contribution in [-0.4, -0.2) is 30.2 Å². The summed E-state index contributed by atoms with van der Waals surface area (Å²) in [6, 6.07) is 14.3. The highest BCUT2D eigenvalue weighted by atomic mass is 79.9. The zero-order valence-corrected chi connectivity index (χ0v) is 25.5. The van der Waals surface area contributed by atoms with Crippen molar-refractivity contribution < 1.29 is 30.2 Å². The van der Waals surface area contributed by atoms with Gasteiger partial charge in [-0.1, -0.05) is 39.7 Å². The number of hydrogen-bond acceptors (Lipinski definition) is 8. The van der Waals surface area contributed by atoms with Gasteiger partial charge in [0.1, 0.15) is 0 Å². The van der Waals surface area contributed by atoms with Gasteiger partial charge in [0.25, 0.3) is 32.8 Å². The first-order chi connectivity index (χ1) is 16.7. The van der Waals surface area contributed by atoms with Crippen LogP contribution in [0.4, 0.5) is 5.69 Å². The Balaban J connectivity index is 0.000000279. The van der Waals surface area contributed by atoms with Gasteiger partial charge in [0, 0.05) is 48.7 Å². The molecule has 0 bridgehead atoms. The molecule has 0 saturated heterocycles. The Kier molecular flexibility index (Phi) is 12.0. The molecule has 3 rings (SSSR count). The van der Waals surface area contributed by atoms with Crippen molar-refractivity contribution >= 4 is 80.8 Å². The largest absolute Gasteiger partial charge is 0.270 e. The lowest BCUT2D eigenvalue weighted by molar-refractivity contribution is -0.385. The molecule has 37 heavy (non-hydrogen) atoms. The maximum atomic E-state index is 11.2. The molecule has 0 aliphatic heterocycles. The van der Waals surface area contributed by atoms with E-state index in [-0.39, 0.29) is 20.4 Å². The van der Waals surface area contributed by atoms with Gasteiger partial charge in [0.05, 0.1) is 19.6 Å². The first-order valence-corrected chi connectivity index (χ1v) is 17.4. The van der Waals surface area contributed by atoms with Gasteiger partial charge in [-0.3, -0.25) is 10.1 Å². The van der Waals surface area contributed by atoms with Crippen molar-refractivity contribution in [2.24, 2.45) is 0 Å². The molecule has 0 N–H and O–H groups in total. The van der Waals surface area contributed by atoms with E-state index in [2.05, 4.69) is 15.9 Å². The Morgan fingerprint density at radius 1 is 0.703 bits per heavy atom. The molecule has 0 unspecified atom stereocenters. The minimum atomic E-state index is -3.89. The molecule has 0 saturated carbocycles. The predicted octanol–water partition coefficient (Wildman–Crippen LogP) is 6.44. The second-order valence-corrected chi connectivity index (χ2v) is 15.8. The molecule has 0 aliphatic rings. The van der Waals surface area contributed by atoms with Crippen LogP contribution in [0.5, 0.6) is 0 Å². The van der Waals surface area contributed by atoms with E-state index in [4.69, 9.17) is 32.0 Å². The Morgan fingerprint density at radius 2 is 1.16 bits per heavy atom. The van der Waals surface area contributed by atoms with Crippen LogP contribution in [0.3, 0.4) is 0 Å². The van der Waals surface area contributed by atoms with Crippen LogP contribution in [-0.2, 0) is 27.2 Å². The van der Waals surface area contributed by atoms with Gasteiger partial charge in [0.2, 0.25) is 0 Å². The molecule has 3 aromatic rings. The SMILES string of the molecule is Cc1cc(C)c(S(=O)(=O)Cl)c(C)c1.O=S(=O)(Cl)c1ccc(Br)cc1.O=[N+]([O-])c1cccc(S(=O)(=O)Cl)c1. The molecule has 0 atom stereocenters. The Morgan fingerprint density at radius 3 is 1.54 bits per heavy atom. The van der Waals surface area contributed by atoms with E-state index in [0.29, 0.717) is 11.1 Å². The fourth-order valence-electron chi connectivity index (χ4n) is 2.90. The molecule has 9 nitrogen and oxygen atoms in total. The molecule has 3 aromatic carbocycles. The number of nitrogens with zero attached hydrogens (tertiary/aromatic N) is 1. The van der Waals surface area contributed by atoms with Crippen LogP contribution in [0.2, 0.25) is 0 Å². The summed E-state index contributed by atoms with van der Waals surface area (Å²) >= 11 is 3.17. The summed E-state index contributed by atoms with van der Waals surface area (Å²) in [6.07, 6.45) is 0. The van der Waals surface area contributed by atoms with Crippen molar-refractivity contribution in [2.45, 2.75) is 35.5 Å². The fourth-order valence-corrected chi connectivity index (χ4v) is 6.34. The maximum absolute atomic E-state index is 11.2. The van der Waals surface area contributed by atoms with Gasteiger partial charge in [0.15, 0.2) is 0 Å². The molecule has 0 radical (unpaired) electrons. The Hall–Kier alpha value is -1.74. The lowest BCUT2D eigenvalue weighted by Gasteiger charge is -2.07. The molecule has 202 valence electrons. The summed E-state index contributed by atoms with van der Waals surface area (Å²) < 4.78 is 66.0. The summed E-state index contributed by atoms with van der Waals surface area (Å²) in [6.45, 7) is 5.41. The standard InChI is InChI=1S/C9H11ClO2S.C6H4BrClO2S.C6H4ClNO4S/c1-6-4-7(2)9(8(3)5-6)13(10,11)12;7-5-1-3-6(4-2-5)11(8,9)10;7-13(11,12)6-3-1-2-5(4-6)8(9)10/h4-5H,1-3H3;1-4H;1-4H. The normalized spacial score (nSPS) is 11.4. The van der Waals surface area contributed by atoms with E-state index in [0.717, 1.165) is 16.1 Å². The zero-order valence-electron chi connectivity index (χ0n) is 19.2. The van der Waals surface area contributed by atoms with E-state index < -0.39 is 32.1 Å². The third kappa shape index (κ3) is 11.3. The van der Waals surface area contributed by atoms with Crippen molar-refractivity contribution in [2.75, 3.05) is 0 Å². The minimum absolute atomic E-state index is 0.113. The quantitative estimate of drug-likeness (QED) is 0.172. The van der Waals surface area contributed by atoms with Gasteiger partial charge in [-0.15, -0.1) is 0 Å². The summed E-state index contributed by atoms with van der Waals surface area (Å²) in [4.78, 5) is 9.63. The number of nitro groups is 1. The first-order valence-electron chi connectivity index (χ1n) is 9.65. The highest BCUT2D eigenvalue weighted by Gasteiger charge is 2.16. The van der Waals surface area contributed by atoms with Crippen LogP contribution in [0, 0.1) is 30.9 Å². The third-order valence-electron chi connectivity index (χ3n) is 4.25. The van der Waals surface area contributed by atoms with Crippen LogP contribution < -0.4 is 0 Å². The molecule has 0 heterocycles. The van der Waals surface area contributed by atoms with Crippen LogP contribution >= 0.6 is 48.0 Å². The molecule has 16 heteroatoms. The second kappa shape index (κ2) is 13.4. The van der Waals surface area contributed by atoms with Gasteiger partial charge >= 0.3 is 0 Å².